The first-order chi connectivity index (χ1) is 10.2. The lowest BCUT2D eigenvalue weighted by molar-refractivity contribution is -0.176. The van der Waals surface area contributed by atoms with Crippen LogP contribution in [0.15, 0.2) is 53.0 Å². The van der Waals surface area contributed by atoms with Crippen LogP contribution in [0.5, 0.6) is 0 Å². The van der Waals surface area contributed by atoms with Crippen LogP contribution < -0.4 is 5.73 Å². The molecule has 22 heavy (non-hydrogen) atoms. The topological polar surface area (TPSA) is 26.0 Å². The van der Waals surface area contributed by atoms with E-state index in [1.165, 1.54) is 24.3 Å². The Morgan fingerprint density at radius 1 is 0.864 bits per heavy atom. The largest absolute Gasteiger partial charge is 0.414 e. The average Bonchev–Trinajstić information content (AvgIpc) is 2.46. The third-order valence-corrected chi connectivity index (χ3v) is 4.31. The second-order valence-electron chi connectivity index (χ2n) is 5.59. The van der Waals surface area contributed by atoms with Gasteiger partial charge < -0.3 is 5.73 Å². The predicted molar refractivity (Wildman–Crippen MR) is 85.7 cm³/mol. The molecule has 0 unspecified atom stereocenters. The van der Waals surface area contributed by atoms with Crippen molar-refractivity contribution in [3.05, 3.63) is 69.7 Å². The number of alkyl halides is 3. The first-order valence-corrected chi connectivity index (χ1v) is 7.67. The van der Waals surface area contributed by atoms with Crippen molar-refractivity contribution in [3.8, 4) is 0 Å². The van der Waals surface area contributed by atoms with Crippen molar-refractivity contribution in [1.29, 1.82) is 0 Å². The van der Waals surface area contributed by atoms with E-state index < -0.39 is 11.7 Å². The average molecular weight is 372 g/mol. The van der Waals surface area contributed by atoms with E-state index >= 15 is 0 Å². The molecule has 0 saturated carbocycles. The molecule has 5 heteroatoms. The minimum atomic E-state index is -4.60. The molecule has 2 aromatic carbocycles. The van der Waals surface area contributed by atoms with E-state index in [1.54, 1.807) is 24.3 Å². The summed E-state index contributed by atoms with van der Waals surface area (Å²) < 4.78 is 41.8. The molecule has 0 aliphatic carbocycles. The maximum absolute atomic E-state index is 13.7. The first kappa shape index (κ1) is 17.0. The lowest BCUT2D eigenvalue weighted by atomic mass is 9.82. The maximum Gasteiger partial charge on any atom is 0.414 e. The summed E-state index contributed by atoms with van der Waals surface area (Å²) in [7, 11) is 0. The standard InChI is InChI=1S/C17H17BrF3N/c1-11(2)12-3-5-13(6-4-12)16(22,17(19,20)21)14-7-9-15(18)10-8-14/h3-11H,22H2,1-2H3/t16-/m0/s1. The molecule has 0 radical (unpaired) electrons. The van der Waals surface area contributed by atoms with Crippen LogP contribution in [0.25, 0.3) is 0 Å². The zero-order chi connectivity index (χ0) is 16.5. The van der Waals surface area contributed by atoms with Gasteiger partial charge in [0, 0.05) is 4.47 Å². The highest BCUT2D eigenvalue weighted by Crippen LogP contribution is 2.42. The van der Waals surface area contributed by atoms with E-state index in [0.29, 0.717) is 4.47 Å². The Hall–Kier alpha value is -1.33. The van der Waals surface area contributed by atoms with E-state index in [4.69, 9.17) is 5.73 Å². The fourth-order valence-corrected chi connectivity index (χ4v) is 2.60. The first-order valence-electron chi connectivity index (χ1n) is 6.88. The van der Waals surface area contributed by atoms with E-state index in [2.05, 4.69) is 15.9 Å². The van der Waals surface area contributed by atoms with Gasteiger partial charge in [0.15, 0.2) is 5.54 Å². The van der Waals surface area contributed by atoms with Crippen LogP contribution in [0.3, 0.4) is 0 Å². The second-order valence-corrected chi connectivity index (χ2v) is 6.51. The molecule has 0 saturated heterocycles. The van der Waals surface area contributed by atoms with Gasteiger partial charge >= 0.3 is 6.18 Å². The maximum atomic E-state index is 13.7. The monoisotopic (exact) mass is 371 g/mol. The Balaban J connectivity index is 2.57. The van der Waals surface area contributed by atoms with E-state index in [1.807, 2.05) is 13.8 Å². The van der Waals surface area contributed by atoms with Crippen molar-refractivity contribution in [1.82, 2.24) is 0 Å². The quantitative estimate of drug-likeness (QED) is 0.774. The Morgan fingerprint density at radius 2 is 1.27 bits per heavy atom. The highest BCUT2D eigenvalue weighted by Gasteiger charge is 2.54. The molecule has 0 aliphatic heterocycles. The molecule has 0 aliphatic rings. The third-order valence-electron chi connectivity index (χ3n) is 3.78. The molecular weight excluding hydrogens is 355 g/mol. The van der Waals surface area contributed by atoms with Crippen molar-refractivity contribution in [2.75, 3.05) is 0 Å². The van der Waals surface area contributed by atoms with Gasteiger partial charge in [0.25, 0.3) is 0 Å². The molecule has 0 spiro atoms. The van der Waals surface area contributed by atoms with Crippen LogP contribution in [0.4, 0.5) is 13.2 Å². The smallest absolute Gasteiger partial charge is 0.310 e. The molecule has 0 amide bonds. The van der Waals surface area contributed by atoms with Crippen LogP contribution in [-0.4, -0.2) is 6.18 Å². The molecule has 0 heterocycles. The van der Waals surface area contributed by atoms with Crippen LogP contribution in [0.1, 0.15) is 36.5 Å². The number of hydrogen-bond donors (Lipinski definition) is 1. The summed E-state index contributed by atoms with van der Waals surface area (Å²) in [6.07, 6.45) is -4.60. The Labute approximate surface area is 136 Å². The van der Waals surface area contributed by atoms with Crippen LogP contribution >= 0.6 is 15.9 Å². The van der Waals surface area contributed by atoms with E-state index in [0.717, 1.165) is 5.56 Å². The summed E-state index contributed by atoms with van der Waals surface area (Å²) in [6, 6.07) is 12.2. The number of rotatable bonds is 3. The van der Waals surface area contributed by atoms with Gasteiger partial charge in [-0.25, -0.2) is 0 Å². The molecule has 2 N–H and O–H groups in total. The molecule has 0 bridgehead atoms. The van der Waals surface area contributed by atoms with Crippen LogP contribution in [-0.2, 0) is 5.54 Å². The minimum absolute atomic E-state index is 0.0143. The predicted octanol–water partition coefficient (Wildman–Crippen LogP) is 5.34. The summed E-state index contributed by atoms with van der Waals surface area (Å²) in [6.45, 7) is 3.98. The van der Waals surface area contributed by atoms with Gasteiger partial charge in [-0.3, -0.25) is 0 Å². The normalized spacial score (nSPS) is 14.9. The molecule has 118 valence electrons. The van der Waals surface area contributed by atoms with E-state index in [-0.39, 0.29) is 17.0 Å². The third kappa shape index (κ3) is 3.06. The molecule has 2 aromatic rings. The molecular formula is C17H17BrF3N. The summed E-state index contributed by atoms with van der Waals surface area (Å²) in [5.41, 5.74) is 4.35. The van der Waals surface area contributed by atoms with Gasteiger partial charge in [-0.2, -0.15) is 13.2 Å². The van der Waals surface area contributed by atoms with Gasteiger partial charge in [-0.15, -0.1) is 0 Å². The second kappa shape index (κ2) is 6.05. The van der Waals surface area contributed by atoms with Gasteiger partial charge in [0.05, 0.1) is 0 Å². The SMILES string of the molecule is CC(C)c1ccc([C@](N)(c2ccc(Br)cc2)C(F)(F)F)cc1. The highest BCUT2D eigenvalue weighted by atomic mass is 79.9. The van der Waals surface area contributed by atoms with Crippen molar-refractivity contribution < 1.29 is 13.2 Å². The van der Waals surface area contributed by atoms with Gasteiger partial charge in [-0.1, -0.05) is 66.2 Å². The fraction of sp³-hybridized carbons (Fsp3) is 0.294. The molecule has 2 rings (SSSR count). The summed E-state index contributed by atoms with van der Waals surface area (Å²) in [4.78, 5) is 0. The van der Waals surface area contributed by atoms with Crippen LogP contribution in [0, 0.1) is 0 Å². The van der Waals surface area contributed by atoms with Crippen LogP contribution in [0.2, 0.25) is 0 Å². The number of hydrogen-bond acceptors (Lipinski definition) is 1. The summed E-state index contributed by atoms with van der Waals surface area (Å²) in [5, 5.41) is 0. The van der Waals surface area contributed by atoms with E-state index in [9.17, 15) is 13.2 Å². The van der Waals surface area contributed by atoms with Gasteiger partial charge in [0.1, 0.15) is 0 Å². The fourth-order valence-electron chi connectivity index (χ4n) is 2.34. The Kier molecular flexibility index (Phi) is 4.68. The molecule has 0 fully saturated rings. The lowest BCUT2D eigenvalue weighted by Gasteiger charge is -2.33. The minimum Gasteiger partial charge on any atom is -0.310 e. The Morgan fingerprint density at radius 3 is 1.64 bits per heavy atom. The van der Waals surface area contributed by atoms with Crippen molar-refractivity contribution in [2.24, 2.45) is 5.73 Å². The Bertz CT molecular complexity index is 632. The number of nitrogens with two attached hydrogens (primary N) is 1. The molecule has 0 aromatic heterocycles. The summed E-state index contributed by atoms with van der Waals surface area (Å²) >= 11 is 3.22. The summed E-state index contributed by atoms with van der Waals surface area (Å²) in [5.74, 6) is 0.250. The van der Waals surface area contributed by atoms with Crippen molar-refractivity contribution >= 4 is 15.9 Å². The zero-order valence-electron chi connectivity index (χ0n) is 12.3. The highest BCUT2D eigenvalue weighted by molar-refractivity contribution is 9.10. The number of benzene rings is 2. The van der Waals surface area contributed by atoms with Gasteiger partial charge in [0.2, 0.25) is 0 Å². The van der Waals surface area contributed by atoms with Gasteiger partial charge in [-0.05, 0) is 34.7 Å². The van der Waals surface area contributed by atoms with Crippen molar-refractivity contribution in [2.45, 2.75) is 31.5 Å². The zero-order valence-corrected chi connectivity index (χ0v) is 13.9. The van der Waals surface area contributed by atoms with Crippen molar-refractivity contribution in [3.63, 3.8) is 0 Å². The number of halogens is 4. The molecule has 1 atom stereocenters. The molecule has 1 nitrogen and oxygen atoms in total. The lowest BCUT2D eigenvalue weighted by Crippen LogP contribution is -2.51.